The van der Waals surface area contributed by atoms with E-state index in [-0.39, 0.29) is 4.90 Å². The number of oxazole rings is 1. The van der Waals surface area contributed by atoms with Crippen LogP contribution in [0.15, 0.2) is 27.5 Å². The Labute approximate surface area is 154 Å². The lowest BCUT2D eigenvalue weighted by atomic mass is 10.1. The molecule has 1 aliphatic heterocycles. The molecule has 0 radical (unpaired) electrons. The maximum Gasteiger partial charge on any atom is 0.274 e. The zero-order valence-corrected chi connectivity index (χ0v) is 16.5. The van der Waals surface area contributed by atoms with Crippen LogP contribution in [0.2, 0.25) is 0 Å². The lowest BCUT2D eigenvalue weighted by Gasteiger charge is -2.22. The molecule has 3 rings (SSSR count). The molecule has 1 aromatic heterocycles. The normalized spacial score (nSPS) is 17.7. The van der Waals surface area contributed by atoms with Crippen molar-refractivity contribution in [1.82, 2.24) is 8.87 Å². The van der Waals surface area contributed by atoms with E-state index in [1.165, 1.54) is 55.4 Å². The molecule has 0 unspecified atom stereocenters. The van der Waals surface area contributed by atoms with Crippen molar-refractivity contribution in [1.29, 1.82) is 0 Å². The topological polar surface area (TPSA) is 59.9 Å². The van der Waals surface area contributed by atoms with E-state index >= 15 is 0 Å². The van der Waals surface area contributed by atoms with Gasteiger partial charge in [0, 0.05) is 14.1 Å². The summed E-state index contributed by atoms with van der Waals surface area (Å²) in [6, 6.07) is 4.94. The summed E-state index contributed by atoms with van der Waals surface area (Å²) in [5.74, 6) is 0. The molecule has 1 fully saturated rings. The molecule has 0 spiro atoms. The molecule has 1 aromatic carbocycles. The third kappa shape index (κ3) is 3.97. The van der Waals surface area contributed by atoms with Gasteiger partial charge < -0.3 is 9.32 Å². The van der Waals surface area contributed by atoms with E-state index in [4.69, 9.17) is 16.6 Å². The number of aromatic nitrogens is 1. The van der Waals surface area contributed by atoms with Crippen LogP contribution in [0.4, 0.5) is 0 Å². The highest BCUT2D eigenvalue weighted by molar-refractivity contribution is 7.89. The highest BCUT2D eigenvalue weighted by atomic mass is 32.2. The molecule has 8 heteroatoms. The molecule has 0 atom stereocenters. The second-order valence-electron chi connectivity index (χ2n) is 6.89. The molecular weight excluding hydrogens is 358 g/mol. The predicted octanol–water partition coefficient (Wildman–Crippen LogP) is 2.02. The molecule has 2 heterocycles. The van der Waals surface area contributed by atoms with Crippen molar-refractivity contribution < 1.29 is 17.7 Å². The van der Waals surface area contributed by atoms with Gasteiger partial charge in [-0.1, -0.05) is 6.42 Å². The molecular formula is C17H26N3O3S2+. The van der Waals surface area contributed by atoms with Crippen molar-refractivity contribution in [2.45, 2.75) is 43.7 Å². The van der Waals surface area contributed by atoms with E-state index < -0.39 is 10.0 Å². The number of likely N-dealkylation sites (tertiary alicyclic amines) is 1. The number of benzene rings is 1. The minimum Gasteiger partial charge on any atom is -0.429 e. The molecule has 0 amide bonds. The van der Waals surface area contributed by atoms with Crippen molar-refractivity contribution in [3.8, 4) is 0 Å². The Morgan fingerprint density at radius 1 is 1.16 bits per heavy atom. The van der Waals surface area contributed by atoms with Crippen molar-refractivity contribution in [2.75, 3.05) is 27.2 Å². The Morgan fingerprint density at radius 2 is 1.80 bits per heavy atom. The van der Waals surface area contributed by atoms with Gasteiger partial charge >= 0.3 is 0 Å². The molecule has 6 nitrogen and oxygen atoms in total. The summed E-state index contributed by atoms with van der Waals surface area (Å²) < 4.78 is 33.7. The molecule has 1 aliphatic rings. The maximum atomic E-state index is 12.4. The summed E-state index contributed by atoms with van der Waals surface area (Å²) in [6.07, 6.45) is 6.34. The average Bonchev–Trinajstić information content (AvgIpc) is 2.84. The number of hydrogen-bond acceptors (Lipinski definition) is 4. The van der Waals surface area contributed by atoms with Crippen LogP contribution in [0.3, 0.4) is 0 Å². The Morgan fingerprint density at radius 3 is 2.44 bits per heavy atom. The first-order valence-electron chi connectivity index (χ1n) is 8.79. The Balaban J connectivity index is 1.97. The van der Waals surface area contributed by atoms with E-state index in [0.717, 1.165) is 25.3 Å². The van der Waals surface area contributed by atoms with E-state index in [1.54, 1.807) is 18.2 Å². The molecule has 0 aliphatic carbocycles. The van der Waals surface area contributed by atoms with Crippen LogP contribution in [0.1, 0.15) is 32.1 Å². The van der Waals surface area contributed by atoms with Gasteiger partial charge in [0.1, 0.15) is 0 Å². The zero-order chi connectivity index (χ0) is 18.0. The number of fused-ring (bicyclic) bond motifs is 1. The van der Waals surface area contributed by atoms with Crippen molar-refractivity contribution in [3.05, 3.63) is 23.0 Å². The highest BCUT2D eigenvalue weighted by Gasteiger charge is 2.21. The standard InChI is InChI=1S/C17H25N3O3S2/c1-18(2)25(21,22)14-8-9-16-15(12-14)20(17(24)23-16)13-19-10-6-4-3-5-7-11-19/h8-9,12H,3-7,10-11,13H2,1-2H3/p+1. The average molecular weight is 385 g/mol. The van der Waals surface area contributed by atoms with Crippen LogP contribution in [0, 0.1) is 4.84 Å². The fraction of sp³-hybridized carbons (Fsp3) is 0.588. The quantitative estimate of drug-likeness (QED) is 0.820. The van der Waals surface area contributed by atoms with Gasteiger partial charge in [0.05, 0.1) is 23.5 Å². The first-order chi connectivity index (χ1) is 11.9. The second kappa shape index (κ2) is 7.57. The van der Waals surface area contributed by atoms with Gasteiger partial charge in [-0.05, 0) is 56.1 Å². The van der Waals surface area contributed by atoms with Crippen LogP contribution < -0.4 is 4.90 Å². The van der Waals surface area contributed by atoms with E-state index in [2.05, 4.69) is 0 Å². The van der Waals surface area contributed by atoms with Gasteiger partial charge in [0.15, 0.2) is 12.3 Å². The van der Waals surface area contributed by atoms with E-state index in [0.29, 0.717) is 10.4 Å². The molecule has 2 aromatic rings. The third-order valence-corrected chi connectivity index (χ3v) is 6.97. The predicted molar refractivity (Wildman–Crippen MR) is 99.7 cm³/mol. The summed E-state index contributed by atoms with van der Waals surface area (Å²) in [7, 11) is -0.415. The largest absolute Gasteiger partial charge is 0.429 e. The molecule has 0 bridgehead atoms. The lowest BCUT2D eigenvalue weighted by Crippen LogP contribution is -3.11. The number of sulfonamides is 1. The summed E-state index contributed by atoms with van der Waals surface area (Å²) in [5, 5.41) is 0. The molecule has 138 valence electrons. The molecule has 25 heavy (non-hydrogen) atoms. The lowest BCUT2D eigenvalue weighted by molar-refractivity contribution is -0.923. The smallest absolute Gasteiger partial charge is 0.274 e. The van der Waals surface area contributed by atoms with Crippen LogP contribution in [0.5, 0.6) is 0 Å². The van der Waals surface area contributed by atoms with Gasteiger partial charge in [-0.2, -0.15) is 0 Å². The summed E-state index contributed by atoms with van der Waals surface area (Å²) in [5.41, 5.74) is 1.39. The fourth-order valence-corrected chi connectivity index (χ4v) is 4.52. The van der Waals surface area contributed by atoms with Crippen molar-refractivity contribution >= 4 is 33.3 Å². The number of hydrogen-bond donors (Lipinski definition) is 1. The van der Waals surface area contributed by atoms with Gasteiger partial charge in [-0.3, -0.25) is 4.57 Å². The van der Waals surface area contributed by atoms with Gasteiger partial charge in [0.25, 0.3) is 4.84 Å². The summed E-state index contributed by atoms with van der Waals surface area (Å²) in [4.78, 5) is 2.14. The monoisotopic (exact) mass is 384 g/mol. The van der Waals surface area contributed by atoms with Gasteiger partial charge in [0.2, 0.25) is 10.0 Å². The number of quaternary nitrogens is 1. The number of rotatable bonds is 4. The summed E-state index contributed by atoms with van der Waals surface area (Å²) in [6.45, 7) is 2.95. The Bertz CT molecular complexity index is 891. The maximum absolute atomic E-state index is 12.4. The van der Waals surface area contributed by atoms with E-state index in [9.17, 15) is 8.42 Å². The minimum atomic E-state index is -3.48. The molecule has 1 saturated heterocycles. The first kappa shape index (κ1) is 18.6. The Hall–Kier alpha value is -1.22. The second-order valence-corrected chi connectivity index (χ2v) is 9.39. The fourth-order valence-electron chi connectivity index (χ4n) is 3.35. The van der Waals surface area contributed by atoms with Crippen molar-refractivity contribution in [2.24, 2.45) is 0 Å². The minimum absolute atomic E-state index is 0.261. The SMILES string of the molecule is CN(C)S(=O)(=O)c1ccc2oc(=S)n(C[NH+]3CCCCCCC3)c2c1. The van der Waals surface area contributed by atoms with E-state index in [1.807, 2.05) is 4.57 Å². The highest BCUT2D eigenvalue weighted by Crippen LogP contribution is 2.22. The summed E-state index contributed by atoms with van der Waals surface area (Å²) >= 11 is 5.39. The van der Waals surface area contributed by atoms with Crippen LogP contribution >= 0.6 is 12.2 Å². The van der Waals surface area contributed by atoms with Crippen molar-refractivity contribution in [3.63, 3.8) is 0 Å². The van der Waals surface area contributed by atoms with Crippen LogP contribution in [-0.2, 0) is 16.7 Å². The van der Waals surface area contributed by atoms with Gasteiger partial charge in [-0.25, -0.2) is 12.7 Å². The van der Waals surface area contributed by atoms with Crippen LogP contribution in [-0.4, -0.2) is 44.5 Å². The Kier molecular flexibility index (Phi) is 5.62. The number of nitrogens with zero attached hydrogens (tertiary/aromatic N) is 2. The van der Waals surface area contributed by atoms with Gasteiger partial charge in [-0.15, -0.1) is 0 Å². The zero-order valence-electron chi connectivity index (χ0n) is 14.8. The molecule has 0 saturated carbocycles. The molecule has 1 N–H and O–H groups in total. The number of nitrogens with one attached hydrogen (secondary N) is 1. The first-order valence-corrected chi connectivity index (χ1v) is 10.6. The van der Waals surface area contributed by atoms with Crippen LogP contribution in [0.25, 0.3) is 11.1 Å². The third-order valence-electron chi connectivity index (χ3n) is 4.86.